The lowest BCUT2D eigenvalue weighted by Crippen LogP contribution is -1.95. The van der Waals surface area contributed by atoms with E-state index in [9.17, 15) is 0 Å². The van der Waals surface area contributed by atoms with Gasteiger partial charge in [-0.1, -0.05) is 66.7 Å². The van der Waals surface area contributed by atoms with Crippen molar-refractivity contribution in [2.45, 2.75) is 13.1 Å². The maximum atomic E-state index is 2.78. The summed E-state index contributed by atoms with van der Waals surface area (Å²) in [5.41, 5.74) is 7.72. The molecular weight excluding hydrogens is 302 g/mol. The van der Waals surface area contributed by atoms with Crippen molar-refractivity contribution in [1.82, 2.24) is 0 Å². The van der Waals surface area contributed by atoms with Crippen LogP contribution in [0.25, 0.3) is 22.3 Å². The van der Waals surface area contributed by atoms with E-state index in [1.54, 1.807) is 0 Å². The maximum absolute atomic E-state index is 2.78. The van der Waals surface area contributed by atoms with E-state index in [-0.39, 0.29) is 0 Å². The summed E-state index contributed by atoms with van der Waals surface area (Å²) in [6, 6.07) is 24.2. The molecule has 22 heavy (non-hydrogen) atoms. The second-order valence-corrected chi connectivity index (χ2v) is 6.58. The first kappa shape index (κ1) is 15.4. The molecule has 0 aliphatic heterocycles. The highest BCUT2D eigenvalue weighted by Gasteiger charge is 2.02. The van der Waals surface area contributed by atoms with Crippen molar-refractivity contribution >= 4 is 23.8 Å². The number of benzene rings is 3. The maximum Gasteiger partial charge on any atom is -0.0128 e. The lowest BCUT2D eigenvalue weighted by molar-refractivity contribution is 1.42. The third-order valence-electron chi connectivity index (χ3n) is 4.01. The summed E-state index contributed by atoms with van der Waals surface area (Å²) in [4.78, 5) is 0. The minimum absolute atomic E-state index is 1.00. The smallest absolute Gasteiger partial charge is 0.0128 e. The van der Waals surface area contributed by atoms with Crippen LogP contribution in [-0.4, -0.2) is 0 Å². The van der Waals surface area contributed by atoms with Crippen LogP contribution in [0.5, 0.6) is 0 Å². The van der Waals surface area contributed by atoms with Crippen LogP contribution < -0.4 is 5.30 Å². The van der Waals surface area contributed by atoms with Gasteiger partial charge < -0.3 is 0 Å². The molecule has 0 nitrogen and oxygen atoms in total. The first-order valence-electron chi connectivity index (χ1n) is 7.43. The molecule has 3 rings (SSSR count). The molecule has 0 radical (unpaired) electrons. The second-order valence-electron chi connectivity index (χ2n) is 5.55. The molecule has 0 saturated heterocycles. The van der Waals surface area contributed by atoms with Gasteiger partial charge in [-0.25, -0.2) is 0 Å². The van der Waals surface area contributed by atoms with E-state index in [0.29, 0.717) is 0 Å². The third kappa shape index (κ3) is 3.30. The van der Waals surface area contributed by atoms with Gasteiger partial charge in [-0.15, -0.1) is 18.5 Å². The van der Waals surface area contributed by atoms with Crippen LogP contribution in [0.15, 0.2) is 66.7 Å². The van der Waals surface area contributed by atoms with E-state index in [1.165, 1.54) is 38.7 Å². The molecule has 0 bridgehead atoms. The Hall–Kier alpha value is -1.48. The number of hydrogen-bond acceptors (Lipinski definition) is 0. The summed E-state index contributed by atoms with van der Waals surface area (Å²) in [6.07, 6.45) is 1.00. The molecule has 2 unspecified atom stereocenters. The minimum atomic E-state index is 1.00. The summed E-state index contributed by atoms with van der Waals surface area (Å²) < 4.78 is 0. The van der Waals surface area contributed by atoms with Gasteiger partial charge in [-0.2, -0.15) is 0 Å². The summed E-state index contributed by atoms with van der Waals surface area (Å²) in [7, 11) is 5.54. The fourth-order valence-corrected chi connectivity index (χ4v) is 3.00. The van der Waals surface area contributed by atoms with Gasteiger partial charge in [0.15, 0.2) is 0 Å². The van der Waals surface area contributed by atoms with Crippen LogP contribution >= 0.6 is 18.5 Å². The number of rotatable bonds is 3. The molecule has 110 valence electrons. The molecule has 0 aliphatic rings. The van der Waals surface area contributed by atoms with Gasteiger partial charge in [-0.3, -0.25) is 0 Å². The summed E-state index contributed by atoms with van der Waals surface area (Å²) in [5.74, 6) is 0. The average molecular weight is 322 g/mol. The van der Waals surface area contributed by atoms with Gasteiger partial charge in [0.05, 0.1) is 0 Å². The minimum Gasteiger partial charge on any atom is -0.133 e. The molecule has 2 heteroatoms. The van der Waals surface area contributed by atoms with E-state index in [1.807, 2.05) is 0 Å². The van der Waals surface area contributed by atoms with E-state index in [2.05, 4.69) is 92.1 Å². The van der Waals surface area contributed by atoms with Gasteiger partial charge in [0.2, 0.25) is 0 Å². The zero-order valence-electron chi connectivity index (χ0n) is 12.7. The number of aryl methyl sites for hydroxylation is 1. The fourth-order valence-electron chi connectivity index (χ4n) is 2.54. The second kappa shape index (κ2) is 6.74. The Labute approximate surface area is 137 Å². The van der Waals surface area contributed by atoms with Crippen LogP contribution in [0.4, 0.5) is 0 Å². The van der Waals surface area contributed by atoms with Crippen LogP contribution in [0.3, 0.4) is 0 Å². The Morgan fingerprint density at radius 1 is 0.682 bits per heavy atom. The molecule has 0 aromatic heterocycles. The normalized spacial score (nSPS) is 10.7. The van der Waals surface area contributed by atoms with Crippen molar-refractivity contribution in [3.63, 3.8) is 0 Å². The molecule has 0 amide bonds. The Kier molecular flexibility index (Phi) is 4.72. The zero-order valence-corrected chi connectivity index (χ0v) is 15.0. The summed E-state index contributed by atoms with van der Waals surface area (Å²) in [6.45, 7) is 2.15. The molecule has 0 heterocycles. The highest BCUT2D eigenvalue weighted by Crippen LogP contribution is 2.26. The van der Waals surface area contributed by atoms with Crippen LogP contribution in [0.1, 0.15) is 11.1 Å². The summed E-state index contributed by atoms with van der Waals surface area (Å²) in [5, 5.41) is 1.26. The highest BCUT2D eigenvalue weighted by atomic mass is 31.0. The molecule has 3 aromatic carbocycles. The molecule has 3 aromatic rings. The van der Waals surface area contributed by atoms with E-state index >= 15 is 0 Å². The quantitative estimate of drug-likeness (QED) is 0.581. The average Bonchev–Trinajstić information content (AvgIpc) is 2.58. The predicted octanol–water partition coefficient (Wildman–Crippen LogP) is 5.20. The van der Waals surface area contributed by atoms with Crippen molar-refractivity contribution in [3.8, 4) is 22.3 Å². The highest BCUT2D eigenvalue weighted by molar-refractivity contribution is 7.27. The monoisotopic (exact) mass is 322 g/mol. The topological polar surface area (TPSA) is 0 Å². The van der Waals surface area contributed by atoms with Crippen molar-refractivity contribution in [1.29, 1.82) is 0 Å². The van der Waals surface area contributed by atoms with E-state index in [0.717, 1.165) is 6.16 Å². The van der Waals surface area contributed by atoms with Crippen LogP contribution in [0, 0.1) is 6.92 Å². The molecule has 0 aliphatic carbocycles. The fraction of sp³-hybridized carbons (Fsp3) is 0.100. The van der Waals surface area contributed by atoms with Crippen molar-refractivity contribution in [2.75, 3.05) is 0 Å². The van der Waals surface area contributed by atoms with Crippen molar-refractivity contribution < 1.29 is 0 Å². The summed E-state index contributed by atoms with van der Waals surface area (Å²) >= 11 is 0. The first-order valence-corrected chi connectivity index (χ1v) is 8.83. The Balaban J connectivity index is 1.89. The lowest BCUT2D eigenvalue weighted by Gasteiger charge is -2.08. The standard InChI is InChI=1S/C20H20P2/c1-14-12-19(10-11-20(14)22)18-8-6-17(7-9-18)16-4-2-15(13-21)3-5-16/h2-12H,13,21-22H2,1H3. The third-order valence-corrected chi connectivity index (χ3v) is 5.13. The van der Waals surface area contributed by atoms with Gasteiger partial charge in [0, 0.05) is 0 Å². The SMILES string of the molecule is Cc1cc(-c2ccc(-c3ccc(CP)cc3)cc2)ccc1P. The zero-order chi connectivity index (χ0) is 15.5. The molecule has 0 saturated carbocycles. The largest absolute Gasteiger partial charge is 0.133 e. The van der Waals surface area contributed by atoms with Gasteiger partial charge in [-0.05, 0) is 51.8 Å². The van der Waals surface area contributed by atoms with Crippen molar-refractivity contribution in [2.24, 2.45) is 0 Å². The molecular formula is C20H20P2. The predicted molar refractivity (Wildman–Crippen MR) is 105 cm³/mol. The lowest BCUT2D eigenvalue weighted by atomic mass is 9.99. The Morgan fingerprint density at radius 3 is 1.64 bits per heavy atom. The van der Waals surface area contributed by atoms with E-state index < -0.39 is 0 Å². The Morgan fingerprint density at radius 2 is 1.14 bits per heavy atom. The molecule has 0 spiro atoms. The van der Waals surface area contributed by atoms with Crippen LogP contribution in [0.2, 0.25) is 0 Å². The van der Waals surface area contributed by atoms with Gasteiger partial charge in [0.1, 0.15) is 0 Å². The van der Waals surface area contributed by atoms with Gasteiger partial charge in [0.25, 0.3) is 0 Å². The number of hydrogen-bond donors (Lipinski definition) is 0. The molecule has 2 atom stereocenters. The molecule has 0 fully saturated rings. The first-order chi connectivity index (χ1) is 10.7. The Bertz CT molecular complexity index is 772. The van der Waals surface area contributed by atoms with Crippen molar-refractivity contribution in [3.05, 3.63) is 77.9 Å². The van der Waals surface area contributed by atoms with Crippen LogP contribution in [-0.2, 0) is 6.16 Å². The van der Waals surface area contributed by atoms with E-state index in [4.69, 9.17) is 0 Å². The van der Waals surface area contributed by atoms with Gasteiger partial charge >= 0.3 is 0 Å². The molecule has 0 N–H and O–H groups in total.